The van der Waals surface area contributed by atoms with E-state index in [2.05, 4.69) is 10.3 Å². The highest BCUT2D eigenvalue weighted by Gasteiger charge is 2.35. The molecule has 8 nitrogen and oxygen atoms in total. The van der Waals surface area contributed by atoms with Crippen molar-refractivity contribution in [1.82, 2.24) is 9.88 Å². The zero-order valence-electron chi connectivity index (χ0n) is 17.7. The topological polar surface area (TPSA) is 95.0 Å². The van der Waals surface area contributed by atoms with Crippen molar-refractivity contribution in [2.24, 2.45) is 5.41 Å². The number of aliphatic hydroxyl groups excluding tert-OH is 1. The zero-order valence-corrected chi connectivity index (χ0v) is 17.7. The lowest BCUT2D eigenvalue weighted by molar-refractivity contribution is -0.117. The van der Waals surface area contributed by atoms with Crippen molar-refractivity contribution in [2.75, 3.05) is 50.2 Å². The Morgan fingerprint density at radius 3 is 2.74 bits per heavy atom. The van der Waals surface area contributed by atoms with E-state index in [1.54, 1.807) is 22.9 Å². The number of anilines is 2. The van der Waals surface area contributed by atoms with Crippen LogP contribution in [0.1, 0.15) is 28.8 Å². The van der Waals surface area contributed by atoms with E-state index in [4.69, 9.17) is 4.74 Å². The van der Waals surface area contributed by atoms with E-state index >= 15 is 0 Å². The molecule has 2 aliphatic heterocycles. The highest BCUT2D eigenvalue weighted by atomic mass is 16.5. The van der Waals surface area contributed by atoms with Crippen LogP contribution in [0.2, 0.25) is 0 Å². The van der Waals surface area contributed by atoms with E-state index in [0.717, 1.165) is 5.56 Å². The van der Waals surface area contributed by atoms with Gasteiger partial charge >= 0.3 is 0 Å². The van der Waals surface area contributed by atoms with E-state index in [-0.39, 0.29) is 30.4 Å². The SMILES string of the molecule is CN(CC1(CO)CCOCC1)C(=O)c1cnc2c(c1)N(Cc1ccccc1)C(=O)CN2. The molecule has 0 saturated carbocycles. The number of carbonyl (C=O) groups excluding carboxylic acids is 2. The van der Waals surface area contributed by atoms with Crippen LogP contribution in [0.3, 0.4) is 0 Å². The minimum absolute atomic E-state index is 0.0136. The maximum absolute atomic E-state index is 13.2. The second kappa shape index (κ2) is 9.03. The molecule has 1 saturated heterocycles. The number of benzene rings is 1. The molecule has 0 aliphatic carbocycles. The van der Waals surface area contributed by atoms with Crippen LogP contribution in [0, 0.1) is 5.41 Å². The van der Waals surface area contributed by atoms with Gasteiger partial charge in [-0.2, -0.15) is 0 Å². The van der Waals surface area contributed by atoms with Gasteiger partial charge in [-0.3, -0.25) is 9.59 Å². The van der Waals surface area contributed by atoms with Gasteiger partial charge in [0.1, 0.15) is 0 Å². The van der Waals surface area contributed by atoms with Crippen LogP contribution in [0.5, 0.6) is 0 Å². The second-order valence-electron chi connectivity index (χ2n) is 8.34. The van der Waals surface area contributed by atoms with Crippen molar-refractivity contribution in [3.05, 3.63) is 53.7 Å². The van der Waals surface area contributed by atoms with Gasteiger partial charge in [0.25, 0.3) is 5.91 Å². The lowest BCUT2D eigenvalue weighted by Crippen LogP contribution is -2.44. The Bertz CT molecular complexity index is 944. The van der Waals surface area contributed by atoms with E-state index in [9.17, 15) is 14.7 Å². The van der Waals surface area contributed by atoms with Crippen LogP contribution in [-0.4, -0.2) is 66.8 Å². The zero-order chi connectivity index (χ0) is 21.8. The Balaban J connectivity index is 1.56. The normalized spacial score (nSPS) is 17.6. The second-order valence-corrected chi connectivity index (χ2v) is 8.34. The molecule has 8 heteroatoms. The van der Waals surface area contributed by atoms with Gasteiger partial charge in [0.2, 0.25) is 5.91 Å². The van der Waals surface area contributed by atoms with Crippen molar-refractivity contribution in [3.8, 4) is 0 Å². The molecule has 31 heavy (non-hydrogen) atoms. The van der Waals surface area contributed by atoms with Gasteiger partial charge in [0.15, 0.2) is 5.82 Å². The van der Waals surface area contributed by atoms with Gasteiger partial charge in [-0.15, -0.1) is 0 Å². The predicted octanol–water partition coefficient (Wildman–Crippen LogP) is 1.90. The quantitative estimate of drug-likeness (QED) is 0.736. The number of hydrogen-bond acceptors (Lipinski definition) is 6. The van der Waals surface area contributed by atoms with E-state index < -0.39 is 0 Å². The van der Waals surface area contributed by atoms with Crippen LogP contribution in [0.25, 0.3) is 0 Å². The summed E-state index contributed by atoms with van der Waals surface area (Å²) < 4.78 is 5.42. The molecule has 2 amide bonds. The van der Waals surface area contributed by atoms with Crippen molar-refractivity contribution in [3.63, 3.8) is 0 Å². The number of hydrogen-bond donors (Lipinski definition) is 2. The average Bonchev–Trinajstić information content (AvgIpc) is 2.81. The molecule has 2 aromatic rings. The number of aliphatic hydroxyl groups is 1. The van der Waals surface area contributed by atoms with E-state index in [1.807, 2.05) is 30.3 Å². The lowest BCUT2D eigenvalue weighted by atomic mass is 9.80. The van der Waals surface area contributed by atoms with Crippen molar-refractivity contribution in [1.29, 1.82) is 0 Å². The third-order valence-corrected chi connectivity index (χ3v) is 6.11. The number of fused-ring (bicyclic) bond motifs is 1. The maximum atomic E-state index is 13.2. The number of rotatable bonds is 6. The van der Waals surface area contributed by atoms with Crippen LogP contribution in [0.15, 0.2) is 42.6 Å². The number of amides is 2. The van der Waals surface area contributed by atoms with Gasteiger partial charge in [0, 0.05) is 38.4 Å². The smallest absolute Gasteiger partial charge is 0.255 e. The predicted molar refractivity (Wildman–Crippen MR) is 117 cm³/mol. The van der Waals surface area contributed by atoms with Gasteiger partial charge in [0.05, 0.1) is 30.9 Å². The van der Waals surface area contributed by atoms with Gasteiger partial charge in [-0.25, -0.2) is 4.98 Å². The molecular weight excluding hydrogens is 396 g/mol. The molecule has 0 unspecified atom stereocenters. The molecule has 164 valence electrons. The first-order chi connectivity index (χ1) is 15.0. The number of nitrogens with one attached hydrogen (secondary N) is 1. The third kappa shape index (κ3) is 4.55. The van der Waals surface area contributed by atoms with Crippen molar-refractivity contribution in [2.45, 2.75) is 19.4 Å². The molecule has 3 heterocycles. The Morgan fingerprint density at radius 2 is 2.03 bits per heavy atom. The fraction of sp³-hybridized carbons (Fsp3) is 0.435. The molecule has 4 rings (SSSR count). The Morgan fingerprint density at radius 1 is 1.29 bits per heavy atom. The van der Waals surface area contributed by atoms with E-state index in [1.165, 1.54) is 6.20 Å². The molecule has 1 aromatic heterocycles. The molecule has 0 atom stereocenters. The monoisotopic (exact) mass is 424 g/mol. The number of pyridine rings is 1. The van der Waals surface area contributed by atoms with Crippen LogP contribution in [0.4, 0.5) is 11.5 Å². The van der Waals surface area contributed by atoms with Crippen molar-refractivity contribution >= 4 is 23.3 Å². The summed E-state index contributed by atoms with van der Waals surface area (Å²) in [5.41, 5.74) is 1.67. The first-order valence-corrected chi connectivity index (χ1v) is 10.5. The van der Waals surface area contributed by atoms with Gasteiger partial charge in [-0.05, 0) is 24.5 Å². The number of carbonyl (C=O) groups is 2. The van der Waals surface area contributed by atoms with E-state index in [0.29, 0.717) is 56.2 Å². The first kappa shape index (κ1) is 21.3. The Kier molecular flexibility index (Phi) is 6.20. The molecule has 0 radical (unpaired) electrons. The van der Waals surface area contributed by atoms with Crippen LogP contribution < -0.4 is 10.2 Å². The first-order valence-electron chi connectivity index (χ1n) is 10.5. The largest absolute Gasteiger partial charge is 0.396 e. The fourth-order valence-corrected chi connectivity index (χ4v) is 4.21. The van der Waals surface area contributed by atoms with Gasteiger partial charge < -0.3 is 25.0 Å². The Hall–Kier alpha value is -2.97. The third-order valence-electron chi connectivity index (χ3n) is 6.11. The fourth-order valence-electron chi connectivity index (χ4n) is 4.21. The molecule has 2 N–H and O–H groups in total. The van der Waals surface area contributed by atoms with Crippen LogP contribution in [-0.2, 0) is 16.1 Å². The molecule has 1 fully saturated rings. The summed E-state index contributed by atoms with van der Waals surface area (Å²) in [6.45, 7) is 2.21. The molecule has 0 bridgehead atoms. The van der Waals surface area contributed by atoms with Gasteiger partial charge in [-0.1, -0.05) is 30.3 Å². The van der Waals surface area contributed by atoms with Crippen molar-refractivity contribution < 1.29 is 19.4 Å². The Labute approximate surface area is 181 Å². The standard InChI is InChI=1S/C23H28N4O4/c1-26(15-23(16-28)7-9-31-10-8-23)22(30)18-11-19-21(24-12-18)25-13-20(29)27(19)14-17-5-3-2-4-6-17/h2-6,11-12,28H,7-10,13-16H2,1H3,(H,24,25). The summed E-state index contributed by atoms with van der Waals surface area (Å²) in [5.74, 6) is 0.329. The summed E-state index contributed by atoms with van der Waals surface area (Å²) in [7, 11) is 1.74. The number of aromatic nitrogens is 1. The average molecular weight is 425 g/mol. The molecular formula is C23H28N4O4. The minimum Gasteiger partial charge on any atom is -0.396 e. The summed E-state index contributed by atoms with van der Waals surface area (Å²) in [4.78, 5) is 33.5. The maximum Gasteiger partial charge on any atom is 0.255 e. The highest BCUT2D eigenvalue weighted by Crippen LogP contribution is 2.33. The highest BCUT2D eigenvalue weighted by molar-refractivity contribution is 6.04. The minimum atomic E-state index is -0.346. The molecule has 2 aliphatic rings. The van der Waals surface area contributed by atoms with Crippen LogP contribution >= 0.6 is 0 Å². The summed E-state index contributed by atoms with van der Waals surface area (Å²) >= 11 is 0. The lowest BCUT2D eigenvalue weighted by Gasteiger charge is -2.38. The summed E-state index contributed by atoms with van der Waals surface area (Å²) in [5, 5.41) is 13.0. The summed E-state index contributed by atoms with van der Waals surface area (Å²) in [6, 6.07) is 11.5. The molecule has 0 spiro atoms. The summed E-state index contributed by atoms with van der Waals surface area (Å²) in [6.07, 6.45) is 2.97. The molecule has 1 aromatic carbocycles. The number of nitrogens with zero attached hydrogens (tertiary/aromatic N) is 3. The number of ether oxygens (including phenoxy) is 1.